The van der Waals surface area contributed by atoms with E-state index >= 15 is 0 Å². The largest absolute Gasteiger partial charge is 0.488 e. The van der Waals surface area contributed by atoms with Crippen LogP contribution in [0.3, 0.4) is 0 Å². The quantitative estimate of drug-likeness (QED) is 0.176. The molecule has 0 saturated carbocycles. The van der Waals surface area contributed by atoms with Crippen LogP contribution >= 0.6 is 11.6 Å². The van der Waals surface area contributed by atoms with E-state index in [4.69, 9.17) is 25.8 Å². The van der Waals surface area contributed by atoms with Gasteiger partial charge in [0, 0.05) is 17.5 Å². The second-order valence-corrected chi connectivity index (χ2v) is 13.4. The minimum Gasteiger partial charge on any atom is -0.488 e. The molecule has 2 heterocycles. The molecule has 1 unspecified atom stereocenters. The molecule has 0 fully saturated rings. The summed E-state index contributed by atoms with van der Waals surface area (Å²) >= 11 is 6.50. The molecule has 220 valence electrons. The molecule has 42 heavy (non-hydrogen) atoms. The third-order valence-corrected chi connectivity index (χ3v) is 9.51. The van der Waals surface area contributed by atoms with E-state index in [-0.39, 0.29) is 31.4 Å². The summed E-state index contributed by atoms with van der Waals surface area (Å²) in [7, 11) is -3.20. The van der Waals surface area contributed by atoms with Crippen molar-refractivity contribution in [2.75, 3.05) is 24.3 Å². The van der Waals surface area contributed by atoms with Gasteiger partial charge >= 0.3 is 0 Å². The van der Waals surface area contributed by atoms with Crippen LogP contribution in [0.15, 0.2) is 79.3 Å². The maximum Gasteiger partial charge on any atom is 0.160 e. The Morgan fingerprint density at radius 3 is 2.71 bits per heavy atom. The van der Waals surface area contributed by atoms with Crippen LogP contribution in [0, 0.1) is 5.82 Å². The lowest BCUT2D eigenvalue weighted by Crippen LogP contribution is -2.32. The number of hydrogen-bond donors (Lipinski definition) is 1. The first-order chi connectivity index (χ1) is 20.1. The fraction of sp³-hybridized carbons (Fsp3) is 0.290. The Morgan fingerprint density at radius 1 is 1.12 bits per heavy atom. The number of nitrogens with one attached hydrogen (secondary N) is 1. The predicted octanol–water partition coefficient (Wildman–Crippen LogP) is 6.71. The minimum absolute atomic E-state index is 0.0506. The average molecular weight is 612 g/mol. The lowest BCUT2D eigenvalue weighted by molar-refractivity contribution is -0.0418. The smallest absolute Gasteiger partial charge is 0.160 e. The number of benzene rings is 3. The molecule has 1 atom stereocenters. The van der Waals surface area contributed by atoms with E-state index in [1.165, 1.54) is 18.5 Å². The number of ether oxygens (including phenoxy) is 3. The van der Waals surface area contributed by atoms with Gasteiger partial charge in [0.05, 0.1) is 41.0 Å². The standard InChI is InChI=1S/C31H31ClFN3O5S/c1-21(2)42(37,38)14-13-39-19-31(11-4-12-41-31)23-7-9-28-26(16-23)30(35-20-34-28)36-25-8-10-29(27(32)17-25)40-18-22-5-3-6-24(33)15-22/h3-10,12,15-17,20-21H,11,13-14,18-19H2,1-2H3,(H,34,35,36). The van der Waals surface area contributed by atoms with Crippen LogP contribution in [-0.2, 0) is 31.5 Å². The first-order valence-electron chi connectivity index (χ1n) is 13.5. The van der Waals surface area contributed by atoms with Crippen molar-refractivity contribution in [1.29, 1.82) is 0 Å². The van der Waals surface area contributed by atoms with E-state index in [1.807, 2.05) is 30.3 Å². The zero-order chi connectivity index (χ0) is 29.7. The van der Waals surface area contributed by atoms with Crippen LogP contribution in [0.25, 0.3) is 10.9 Å². The van der Waals surface area contributed by atoms with Crippen LogP contribution in [0.4, 0.5) is 15.9 Å². The number of hydrogen-bond acceptors (Lipinski definition) is 8. The molecule has 1 N–H and O–H groups in total. The number of sulfone groups is 1. The van der Waals surface area contributed by atoms with Gasteiger partial charge in [-0.2, -0.15) is 0 Å². The van der Waals surface area contributed by atoms with E-state index in [1.54, 1.807) is 44.4 Å². The molecule has 0 spiro atoms. The third kappa shape index (κ3) is 6.83. The molecule has 1 aliphatic heterocycles. The van der Waals surface area contributed by atoms with Crippen LogP contribution in [-0.4, -0.2) is 42.6 Å². The van der Waals surface area contributed by atoms with E-state index in [0.29, 0.717) is 34.3 Å². The summed E-state index contributed by atoms with van der Waals surface area (Å²) in [6.07, 6.45) is 5.60. The molecule has 3 aromatic carbocycles. The van der Waals surface area contributed by atoms with E-state index in [0.717, 1.165) is 16.5 Å². The lowest BCUT2D eigenvalue weighted by Gasteiger charge is -2.29. The van der Waals surface area contributed by atoms with Crippen molar-refractivity contribution in [3.63, 3.8) is 0 Å². The molecule has 0 amide bonds. The second kappa shape index (κ2) is 12.6. The van der Waals surface area contributed by atoms with Gasteiger partial charge in [0.2, 0.25) is 0 Å². The van der Waals surface area contributed by atoms with Crippen molar-refractivity contribution in [1.82, 2.24) is 9.97 Å². The number of halogens is 2. The monoisotopic (exact) mass is 611 g/mol. The summed E-state index contributed by atoms with van der Waals surface area (Å²) in [4.78, 5) is 8.87. The third-order valence-electron chi connectivity index (χ3n) is 7.04. The van der Waals surface area contributed by atoms with Gasteiger partial charge in [-0.05, 0) is 73.5 Å². The fourth-order valence-electron chi connectivity index (χ4n) is 4.53. The Bertz CT molecular complexity index is 1710. The highest BCUT2D eigenvalue weighted by Crippen LogP contribution is 2.38. The molecule has 1 aliphatic rings. The highest BCUT2D eigenvalue weighted by Gasteiger charge is 2.36. The fourth-order valence-corrected chi connectivity index (χ4v) is 5.59. The van der Waals surface area contributed by atoms with Crippen molar-refractivity contribution in [2.45, 2.75) is 37.7 Å². The Morgan fingerprint density at radius 2 is 1.98 bits per heavy atom. The van der Waals surface area contributed by atoms with E-state index in [9.17, 15) is 12.8 Å². The van der Waals surface area contributed by atoms with Gasteiger partial charge < -0.3 is 19.5 Å². The van der Waals surface area contributed by atoms with Crippen LogP contribution in [0.2, 0.25) is 5.02 Å². The molecule has 4 aromatic rings. The summed E-state index contributed by atoms with van der Waals surface area (Å²) < 4.78 is 55.5. The molecular formula is C31H31ClFN3O5S. The Labute approximate surface area is 249 Å². The normalized spacial score (nSPS) is 16.6. The second-order valence-electron chi connectivity index (χ2n) is 10.3. The van der Waals surface area contributed by atoms with Crippen molar-refractivity contribution in [3.05, 3.63) is 101 Å². The molecule has 0 aliphatic carbocycles. The zero-order valence-corrected chi connectivity index (χ0v) is 24.8. The van der Waals surface area contributed by atoms with Gasteiger partial charge in [0.15, 0.2) is 15.4 Å². The number of nitrogens with zero attached hydrogens (tertiary/aromatic N) is 2. The lowest BCUT2D eigenvalue weighted by atomic mass is 9.91. The van der Waals surface area contributed by atoms with Crippen LogP contribution in [0.5, 0.6) is 5.75 Å². The summed E-state index contributed by atoms with van der Waals surface area (Å²) in [5.74, 6) is 0.658. The van der Waals surface area contributed by atoms with Gasteiger partial charge in [-0.1, -0.05) is 29.8 Å². The summed E-state index contributed by atoms with van der Waals surface area (Å²) in [5, 5.41) is 4.00. The summed E-state index contributed by atoms with van der Waals surface area (Å²) in [6.45, 7) is 3.77. The molecule has 0 saturated heterocycles. The Kier molecular flexibility index (Phi) is 8.96. The Balaban J connectivity index is 1.32. The molecule has 0 bridgehead atoms. The average Bonchev–Trinajstić information content (AvgIpc) is 3.45. The first-order valence-corrected chi connectivity index (χ1v) is 15.6. The van der Waals surface area contributed by atoms with Crippen LogP contribution in [0.1, 0.15) is 31.4 Å². The molecule has 1 aromatic heterocycles. The Hall–Kier alpha value is -3.73. The van der Waals surface area contributed by atoms with Gasteiger partial charge in [0.1, 0.15) is 30.3 Å². The highest BCUT2D eigenvalue weighted by molar-refractivity contribution is 7.91. The highest BCUT2D eigenvalue weighted by atomic mass is 35.5. The molecule has 11 heteroatoms. The number of aromatic nitrogens is 2. The van der Waals surface area contributed by atoms with E-state index in [2.05, 4.69) is 15.3 Å². The first kappa shape index (κ1) is 29.8. The SMILES string of the molecule is CC(C)S(=O)(=O)CCOCC1(c2ccc3ncnc(Nc4ccc(OCc5cccc(F)c5)c(Cl)c4)c3c2)CC=CO1. The summed E-state index contributed by atoms with van der Waals surface area (Å²) in [5.41, 5.74) is 2.16. The van der Waals surface area contributed by atoms with Gasteiger partial charge in [-0.3, -0.25) is 0 Å². The van der Waals surface area contributed by atoms with E-state index < -0.39 is 20.7 Å². The van der Waals surface area contributed by atoms with Crippen molar-refractivity contribution >= 4 is 43.8 Å². The number of anilines is 2. The van der Waals surface area contributed by atoms with Crippen molar-refractivity contribution < 1.29 is 27.0 Å². The maximum absolute atomic E-state index is 13.5. The van der Waals surface area contributed by atoms with Gasteiger partial charge in [0.25, 0.3) is 0 Å². The van der Waals surface area contributed by atoms with Crippen LogP contribution < -0.4 is 10.1 Å². The molecule has 0 radical (unpaired) electrons. The topological polar surface area (TPSA) is 99.6 Å². The number of rotatable bonds is 12. The maximum atomic E-state index is 13.5. The predicted molar refractivity (Wildman–Crippen MR) is 161 cm³/mol. The van der Waals surface area contributed by atoms with Gasteiger partial charge in [-0.25, -0.2) is 22.8 Å². The minimum atomic E-state index is -3.20. The van der Waals surface area contributed by atoms with Crippen molar-refractivity contribution in [2.24, 2.45) is 0 Å². The molecule has 5 rings (SSSR count). The summed E-state index contributed by atoms with van der Waals surface area (Å²) in [6, 6.07) is 17.3. The van der Waals surface area contributed by atoms with Crippen molar-refractivity contribution in [3.8, 4) is 5.75 Å². The number of fused-ring (bicyclic) bond motifs is 1. The molecular weight excluding hydrogens is 581 g/mol. The zero-order valence-electron chi connectivity index (χ0n) is 23.2. The van der Waals surface area contributed by atoms with Gasteiger partial charge in [-0.15, -0.1) is 0 Å². The molecule has 8 nitrogen and oxygen atoms in total.